The molecule has 0 fully saturated rings. The van der Waals surface area contributed by atoms with E-state index in [0.29, 0.717) is 19.3 Å². The van der Waals surface area contributed by atoms with Crippen LogP contribution >= 0.6 is 7.82 Å². The highest BCUT2D eigenvalue weighted by Crippen LogP contribution is 2.43. The van der Waals surface area contributed by atoms with Crippen molar-refractivity contribution in [2.75, 3.05) is 26.4 Å². The topological polar surface area (TPSA) is 155 Å². The number of carbonyl (C=O) groups excluding carboxylic acids is 2. The van der Waals surface area contributed by atoms with Crippen molar-refractivity contribution in [3.05, 3.63) is 36.5 Å². The second-order valence-corrected chi connectivity index (χ2v) is 13.7. The Morgan fingerprint density at radius 3 is 1.92 bits per heavy atom. The van der Waals surface area contributed by atoms with Gasteiger partial charge in [-0.15, -0.1) is 0 Å². The molecule has 0 aromatic carbocycles. The van der Waals surface area contributed by atoms with E-state index in [1.54, 1.807) is 6.08 Å². The molecule has 0 spiro atoms. The first-order valence-corrected chi connectivity index (χ1v) is 20.1. The predicted molar refractivity (Wildman–Crippen MR) is 193 cm³/mol. The summed E-state index contributed by atoms with van der Waals surface area (Å²) in [5.41, 5.74) is 5.32. The van der Waals surface area contributed by atoms with E-state index in [1.807, 2.05) is 12.2 Å². The van der Waals surface area contributed by atoms with Crippen molar-refractivity contribution in [1.29, 1.82) is 0 Å². The van der Waals surface area contributed by atoms with Crippen LogP contribution in [0.25, 0.3) is 0 Å². The highest BCUT2D eigenvalue weighted by Gasteiger charge is 2.26. The minimum atomic E-state index is -4.39. The number of ether oxygens (including phenoxy) is 2. The summed E-state index contributed by atoms with van der Waals surface area (Å²) in [5.74, 6) is -0.907. The Balaban J connectivity index is 4.32. The van der Waals surface area contributed by atoms with E-state index in [1.165, 1.54) is 44.9 Å². The fourth-order valence-corrected chi connectivity index (χ4v) is 5.64. The monoisotopic (exact) mass is 701 g/mol. The molecular weight excluding hydrogens is 633 g/mol. The van der Waals surface area contributed by atoms with Crippen molar-refractivity contribution in [1.82, 2.24) is 0 Å². The lowest BCUT2D eigenvalue weighted by Gasteiger charge is -2.19. The Labute approximate surface area is 291 Å². The summed E-state index contributed by atoms with van der Waals surface area (Å²) in [7, 11) is -4.39. The number of phosphoric acid groups is 1. The lowest BCUT2D eigenvalue weighted by molar-refractivity contribution is -0.161. The van der Waals surface area contributed by atoms with E-state index in [2.05, 4.69) is 32.1 Å². The van der Waals surface area contributed by atoms with Crippen LogP contribution in [0.4, 0.5) is 0 Å². The van der Waals surface area contributed by atoms with Gasteiger partial charge in [0.05, 0.1) is 19.3 Å². The van der Waals surface area contributed by atoms with Gasteiger partial charge in [0, 0.05) is 19.4 Å². The third-order valence-electron chi connectivity index (χ3n) is 7.64. The maximum absolute atomic E-state index is 12.5. The summed E-state index contributed by atoms with van der Waals surface area (Å²) in [5, 5.41) is 10.1. The van der Waals surface area contributed by atoms with E-state index in [4.69, 9.17) is 24.3 Å². The SMILES string of the molecule is CC/C=C/C/C=C/C=C/C(O)CCCCCCCC(=O)OC[C@H](COP(=O)(O)OCCN)OC(=O)CCCCCCCCCCCCC. The van der Waals surface area contributed by atoms with Crippen LogP contribution in [0.2, 0.25) is 0 Å². The molecule has 0 saturated heterocycles. The number of aliphatic hydroxyl groups excluding tert-OH is 1. The maximum atomic E-state index is 12.5. The highest BCUT2D eigenvalue weighted by molar-refractivity contribution is 7.47. The van der Waals surface area contributed by atoms with Crippen LogP contribution in [0, 0.1) is 0 Å². The number of carbonyl (C=O) groups is 2. The van der Waals surface area contributed by atoms with Crippen LogP contribution in [0.3, 0.4) is 0 Å². The van der Waals surface area contributed by atoms with Crippen LogP contribution in [-0.4, -0.2) is 60.5 Å². The maximum Gasteiger partial charge on any atom is 0.472 e. The van der Waals surface area contributed by atoms with Crippen LogP contribution < -0.4 is 5.73 Å². The zero-order valence-electron chi connectivity index (χ0n) is 30.1. The Kier molecular flexibility index (Phi) is 32.4. The zero-order chi connectivity index (χ0) is 35.6. The number of aliphatic hydroxyl groups is 1. The van der Waals surface area contributed by atoms with Gasteiger partial charge in [-0.2, -0.15) is 0 Å². The van der Waals surface area contributed by atoms with Gasteiger partial charge in [-0.3, -0.25) is 18.6 Å². The molecule has 0 saturated carbocycles. The number of hydrogen-bond acceptors (Lipinski definition) is 9. The number of unbranched alkanes of at least 4 members (excludes halogenated alkanes) is 14. The summed E-state index contributed by atoms with van der Waals surface area (Å²) in [6.45, 7) is 3.46. The molecular formula is C37H68NO9P. The summed E-state index contributed by atoms with van der Waals surface area (Å²) >= 11 is 0. The Morgan fingerprint density at radius 1 is 0.729 bits per heavy atom. The molecule has 0 aromatic rings. The normalized spacial score (nSPS) is 14.5. The largest absolute Gasteiger partial charge is 0.472 e. The van der Waals surface area contributed by atoms with Gasteiger partial charge in [0.1, 0.15) is 6.61 Å². The number of allylic oxidation sites excluding steroid dienone is 5. The van der Waals surface area contributed by atoms with Gasteiger partial charge in [0.25, 0.3) is 0 Å². The number of phosphoric ester groups is 1. The van der Waals surface area contributed by atoms with Crippen LogP contribution in [0.1, 0.15) is 149 Å². The molecule has 48 heavy (non-hydrogen) atoms. The summed E-state index contributed by atoms with van der Waals surface area (Å²) in [6.07, 6.45) is 30.6. The fourth-order valence-electron chi connectivity index (χ4n) is 4.88. The molecule has 0 bridgehead atoms. The average molecular weight is 702 g/mol. The number of esters is 2. The molecule has 0 aromatic heterocycles. The third kappa shape index (κ3) is 32.7. The smallest absolute Gasteiger partial charge is 0.462 e. The number of nitrogens with two attached hydrogens (primary N) is 1. The standard InChI is InChI=1S/C37H68NO9P/c1-3-5-7-9-11-12-13-14-16-20-25-29-37(41)47-35(33-46-48(42,43)45-31-30-38)32-44-36(40)28-24-21-17-19-23-27-34(39)26-22-18-15-10-8-6-4-2/h6,8,15,18,22,26,34-35,39H,3-5,7,9-14,16-17,19-21,23-25,27-33,38H2,1-2H3,(H,42,43)/b8-6+,18-15+,26-22+/t34?,35-/m1/s1. The lowest BCUT2D eigenvalue weighted by Crippen LogP contribution is -2.29. The van der Waals surface area contributed by atoms with Crippen LogP contribution in [0.5, 0.6) is 0 Å². The van der Waals surface area contributed by atoms with Crippen molar-refractivity contribution in [2.24, 2.45) is 5.73 Å². The molecule has 11 heteroatoms. The molecule has 0 heterocycles. The fraction of sp³-hybridized carbons (Fsp3) is 0.784. The van der Waals surface area contributed by atoms with Gasteiger partial charge in [-0.25, -0.2) is 4.57 Å². The van der Waals surface area contributed by atoms with Crippen molar-refractivity contribution in [3.8, 4) is 0 Å². The van der Waals surface area contributed by atoms with Gasteiger partial charge in [0.15, 0.2) is 6.10 Å². The van der Waals surface area contributed by atoms with Crippen molar-refractivity contribution >= 4 is 19.8 Å². The first-order valence-electron chi connectivity index (χ1n) is 18.6. The van der Waals surface area contributed by atoms with Crippen molar-refractivity contribution in [3.63, 3.8) is 0 Å². The first kappa shape index (κ1) is 46.2. The lowest BCUT2D eigenvalue weighted by atomic mass is 10.1. The molecule has 10 nitrogen and oxygen atoms in total. The van der Waals surface area contributed by atoms with Gasteiger partial charge < -0.3 is 25.2 Å². The van der Waals surface area contributed by atoms with Gasteiger partial charge in [-0.1, -0.05) is 140 Å². The molecule has 3 atom stereocenters. The number of hydrogen-bond donors (Lipinski definition) is 3. The van der Waals surface area contributed by atoms with Crippen LogP contribution in [-0.2, 0) is 32.7 Å². The van der Waals surface area contributed by atoms with E-state index in [0.717, 1.165) is 57.8 Å². The Bertz CT molecular complexity index is 909. The summed E-state index contributed by atoms with van der Waals surface area (Å²) in [6, 6.07) is 0. The van der Waals surface area contributed by atoms with E-state index in [9.17, 15) is 24.2 Å². The summed E-state index contributed by atoms with van der Waals surface area (Å²) < 4.78 is 32.5. The zero-order valence-corrected chi connectivity index (χ0v) is 31.0. The third-order valence-corrected chi connectivity index (χ3v) is 8.63. The minimum Gasteiger partial charge on any atom is -0.462 e. The second kappa shape index (κ2) is 33.7. The minimum absolute atomic E-state index is 0.0393. The van der Waals surface area contributed by atoms with Crippen LogP contribution in [0.15, 0.2) is 36.5 Å². The van der Waals surface area contributed by atoms with Gasteiger partial charge in [0.2, 0.25) is 0 Å². The molecule has 0 aliphatic rings. The quantitative estimate of drug-likeness (QED) is 0.0195. The Morgan fingerprint density at radius 2 is 1.31 bits per heavy atom. The Hall–Kier alpha value is -1.81. The van der Waals surface area contributed by atoms with Crippen molar-refractivity contribution < 1.29 is 42.7 Å². The molecule has 2 unspecified atom stereocenters. The predicted octanol–water partition coefficient (Wildman–Crippen LogP) is 8.80. The van der Waals surface area contributed by atoms with E-state index < -0.39 is 38.6 Å². The average Bonchev–Trinajstić information content (AvgIpc) is 3.06. The second-order valence-electron chi connectivity index (χ2n) is 12.3. The molecule has 280 valence electrons. The molecule has 4 N–H and O–H groups in total. The number of rotatable bonds is 34. The molecule has 0 aliphatic carbocycles. The molecule has 0 radical (unpaired) electrons. The van der Waals surface area contributed by atoms with Crippen molar-refractivity contribution in [2.45, 2.75) is 161 Å². The van der Waals surface area contributed by atoms with Gasteiger partial charge >= 0.3 is 19.8 Å². The van der Waals surface area contributed by atoms with E-state index >= 15 is 0 Å². The molecule has 0 rings (SSSR count). The summed E-state index contributed by atoms with van der Waals surface area (Å²) in [4.78, 5) is 34.6. The van der Waals surface area contributed by atoms with Gasteiger partial charge in [-0.05, 0) is 32.1 Å². The highest BCUT2D eigenvalue weighted by atomic mass is 31.2. The first-order chi connectivity index (χ1) is 23.2. The molecule has 0 amide bonds. The van der Waals surface area contributed by atoms with E-state index in [-0.39, 0.29) is 32.6 Å². The molecule has 0 aliphatic heterocycles.